The monoisotopic (exact) mass is 400 g/mol. The van der Waals surface area contributed by atoms with Crippen LogP contribution < -0.4 is 4.90 Å². The summed E-state index contributed by atoms with van der Waals surface area (Å²) in [6.07, 6.45) is 0. The van der Waals surface area contributed by atoms with E-state index in [9.17, 15) is 14.7 Å². The van der Waals surface area contributed by atoms with Crippen molar-refractivity contribution in [2.24, 2.45) is 0 Å². The molecule has 136 valence electrons. The molecule has 27 heavy (non-hydrogen) atoms. The lowest BCUT2D eigenvalue weighted by atomic mass is 9.95. The molecule has 3 aromatic rings. The number of nitrogens with zero attached hydrogens (tertiary/aromatic N) is 2. The van der Waals surface area contributed by atoms with E-state index in [-0.39, 0.29) is 11.4 Å². The van der Waals surface area contributed by atoms with Crippen LogP contribution in [-0.2, 0) is 4.79 Å². The molecular weight excluding hydrogens is 388 g/mol. The number of ketones is 1. The van der Waals surface area contributed by atoms with Crippen molar-refractivity contribution in [3.05, 3.63) is 80.4 Å². The van der Waals surface area contributed by atoms with Crippen molar-refractivity contribution in [2.45, 2.75) is 13.0 Å². The Morgan fingerprint density at radius 2 is 2.04 bits per heavy atom. The highest BCUT2D eigenvalue weighted by molar-refractivity contribution is 7.12. The van der Waals surface area contributed by atoms with Crippen LogP contribution in [0.25, 0.3) is 0 Å². The highest BCUT2D eigenvalue weighted by Crippen LogP contribution is 2.42. The first-order valence-electron chi connectivity index (χ1n) is 8.01. The maximum Gasteiger partial charge on any atom is 0.295 e. The fraction of sp³-hybridized carbons (Fsp3) is 0.105. The van der Waals surface area contributed by atoms with Crippen molar-refractivity contribution < 1.29 is 19.2 Å². The van der Waals surface area contributed by atoms with Crippen molar-refractivity contribution in [1.82, 2.24) is 5.16 Å². The number of aromatic nitrogens is 1. The molecular formula is C19H13ClN2O4S. The summed E-state index contributed by atoms with van der Waals surface area (Å²) in [5.74, 6) is -0.973. The Kier molecular flexibility index (Phi) is 4.33. The number of thiophene rings is 1. The highest BCUT2D eigenvalue weighted by atomic mass is 35.5. The van der Waals surface area contributed by atoms with Crippen molar-refractivity contribution in [3.63, 3.8) is 0 Å². The van der Waals surface area contributed by atoms with Gasteiger partial charge >= 0.3 is 0 Å². The Morgan fingerprint density at radius 3 is 2.63 bits per heavy atom. The third kappa shape index (κ3) is 2.94. The van der Waals surface area contributed by atoms with E-state index in [0.29, 0.717) is 21.2 Å². The number of aliphatic hydroxyl groups excluding tert-OH is 1. The van der Waals surface area contributed by atoms with Gasteiger partial charge in [-0.15, -0.1) is 11.3 Å². The number of carbonyl (C=O) groups is 2. The Morgan fingerprint density at radius 1 is 1.30 bits per heavy atom. The van der Waals surface area contributed by atoms with Crippen LogP contribution in [0.4, 0.5) is 5.82 Å². The zero-order valence-electron chi connectivity index (χ0n) is 14.0. The fourth-order valence-corrected chi connectivity index (χ4v) is 3.85. The second-order valence-corrected chi connectivity index (χ2v) is 7.38. The number of rotatable bonds is 4. The number of hydrogen-bond donors (Lipinski definition) is 1. The normalized spacial score (nSPS) is 17.0. The summed E-state index contributed by atoms with van der Waals surface area (Å²) in [6.45, 7) is 1.69. The van der Waals surface area contributed by atoms with Crippen molar-refractivity contribution in [3.8, 4) is 0 Å². The molecule has 0 saturated heterocycles. The van der Waals surface area contributed by atoms with Gasteiger partial charge in [0, 0.05) is 11.1 Å². The molecule has 0 radical (unpaired) electrons. The number of Topliss-reactive ketones (excluding diaryl/α,β-unsaturated/α-hetero) is 1. The van der Waals surface area contributed by atoms with Crippen LogP contribution in [-0.4, -0.2) is 22.0 Å². The Hall–Kier alpha value is -2.90. The van der Waals surface area contributed by atoms with Gasteiger partial charge in [-0.1, -0.05) is 35.0 Å². The van der Waals surface area contributed by atoms with Crippen LogP contribution in [0, 0.1) is 6.92 Å². The molecule has 3 heterocycles. The Bertz CT molecular complexity index is 1050. The van der Waals surface area contributed by atoms with Crippen LogP contribution in [0.3, 0.4) is 0 Å². The Labute approximate surface area is 163 Å². The molecule has 0 spiro atoms. The zero-order chi connectivity index (χ0) is 19.1. The van der Waals surface area contributed by atoms with Gasteiger partial charge in [-0.2, -0.15) is 0 Å². The van der Waals surface area contributed by atoms with Gasteiger partial charge in [0.25, 0.3) is 5.91 Å². The molecule has 6 nitrogen and oxygen atoms in total. The van der Waals surface area contributed by atoms with E-state index < -0.39 is 23.5 Å². The molecule has 1 atom stereocenters. The number of benzene rings is 1. The maximum atomic E-state index is 13.0. The van der Waals surface area contributed by atoms with Crippen molar-refractivity contribution in [2.75, 3.05) is 4.90 Å². The van der Waals surface area contributed by atoms with Crippen LogP contribution in [0.1, 0.15) is 27.0 Å². The van der Waals surface area contributed by atoms with Gasteiger partial charge in [-0.3, -0.25) is 14.5 Å². The van der Waals surface area contributed by atoms with Gasteiger partial charge in [0.05, 0.1) is 16.5 Å². The number of aliphatic hydroxyl groups is 1. The predicted octanol–water partition coefficient (Wildman–Crippen LogP) is 4.48. The lowest BCUT2D eigenvalue weighted by Gasteiger charge is -2.24. The number of hydrogen-bond acceptors (Lipinski definition) is 6. The average Bonchev–Trinajstić information content (AvgIpc) is 3.37. The van der Waals surface area contributed by atoms with E-state index in [1.807, 2.05) is 0 Å². The molecule has 0 saturated carbocycles. The topological polar surface area (TPSA) is 83.6 Å². The first-order chi connectivity index (χ1) is 13.0. The average molecular weight is 401 g/mol. The first kappa shape index (κ1) is 17.5. The molecule has 1 aliphatic heterocycles. The second-order valence-electron chi connectivity index (χ2n) is 5.99. The minimum absolute atomic E-state index is 0.00502. The van der Waals surface area contributed by atoms with Crippen molar-refractivity contribution >= 4 is 40.4 Å². The standard InChI is InChI=1S/C19H13ClN2O4S/c1-10-9-14(21-26-10)22-16(11-4-6-12(20)7-5-11)15(18(24)19(22)25)17(23)13-3-2-8-27-13/h2-9,16,24H,1H3. The van der Waals surface area contributed by atoms with Gasteiger partial charge in [0.15, 0.2) is 11.6 Å². The maximum absolute atomic E-state index is 13.0. The summed E-state index contributed by atoms with van der Waals surface area (Å²) in [7, 11) is 0. The molecule has 1 N–H and O–H groups in total. The second kappa shape index (κ2) is 6.68. The molecule has 1 unspecified atom stereocenters. The summed E-state index contributed by atoms with van der Waals surface area (Å²) in [5, 5.41) is 16.7. The van der Waals surface area contributed by atoms with E-state index in [1.54, 1.807) is 54.8 Å². The van der Waals surface area contributed by atoms with Crippen molar-refractivity contribution in [1.29, 1.82) is 0 Å². The predicted molar refractivity (Wildman–Crippen MR) is 101 cm³/mol. The molecule has 8 heteroatoms. The minimum Gasteiger partial charge on any atom is -0.503 e. The number of aryl methyl sites for hydroxylation is 1. The van der Waals surface area contributed by atoms with Gasteiger partial charge < -0.3 is 9.63 Å². The van der Waals surface area contributed by atoms with E-state index >= 15 is 0 Å². The lowest BCUT2D eigenvalue weighted by Crippen LogP contribution is -2.31. The Balaban J connectivity index is 1.88. The molecule has 4 rings (SSSR count). The summed E-state index contributed by atoms with van der Waals surface area (Å²) in [6, 6.07) is 10.9. The first-order valence-corrected chi connectivity index (χ1v) is 9.27. The summed E-state index contributed by atoms with van der Waals surface area (Å²) >= 11 is 7.22. The third-order valence-corrected chi connectivity index (χ3v) is 5.37. The van der Waals surface area contributed by atoms with E-state index in [1.165, 1.54) is 16.2 Å². The van der Waals surface area contributed by atoms with E-state index in [4.69, 9.17) is 16.1 Å². The number of halogens is 1. The van der Waals surface area contributed by atoms with Gasteiger partial charge in [-0.25, -0.2) is 0 Å². The molecule has 1 aliphatic rings. The van der Waals surface area contributed by atoms with Gasteiger partial charge in [-0.05, 0) is 36.1 Å². The number of amides is 1. The zero-order valence-corrected chi connectivity index (χ0v) is 15.6. The quantitative estimate of drug-likeness (QED) is 0.653. The molecule has 1 amide bonds. The molecule has 0 fully saturated rings. The lowest BCUT2D eigenvalue weighted by molar-refractivity contribution is -0.117. The fourth-order valence-electron chi connectivity index (χ4n) is 3.04. The summed E-state index contributed by atoms with van der Waals surface area (Å²) in [4.78, 5) is 27.5. The van der Waals surface area contributed by atoms with Crippen LogP contribution >= 0.6 is 22.9 Å². The highest BCUT2D eigenvalue weighted by Gasteiger charge is 2.45. The molecule has 0 aliphatic carbocycles. The van der Waals surface area contributed by atoms with Gasteiger partial charge in [0.1, 0.15) is 5.76 Å². The van der Waals surface area contributed by atoms with Crippen LogP contribution in [0.15, 0.2) is 63.7 Å². The molecule has 2 aromatic heterocycles. The summed E-state index contributed by atoms with van der Waals surface area (Å²) in [5.41, 5.74) is 0.628. The minimum atomic E-state index is -0.839. The molecule has 0 bridgehead atoms. The molecule has 1 aromatic carbocycles. The number of carbonyl (C=O) groups excluding carboxylic acids is 2. The number of anilines is 1. The van der Waals surface area contributed by atoms with E-state index in [0.717, 1.165) is 0 Å². The van der Waals surface area contributed by atoms with Crippen LogP contribution in [0.5, 0.6) is 0 Å². The largest absolute Gasteiger partial charge is 0.503 e. The third-order valence-electron chi connectivity index (χ3n) is 4.25. The SMILES string of the molecule is Cc1cc(N2C(=O)C(O)=C(C(=O)c3cccs3)C2c2ccc(Cl)cc2)no1. The van der Waals surface area contributed by atoms with E-state index in [2.05, 4.69) is 5.16 Å². The van der Waals surface area contributed by atoms with Gasteiger partial charge in [0.2, 0.25) is 5.78 Å². The smallest absolute Gasteiger partial charge is 0.295 e. The summed E-state index contributed by atoms with van der Waals surface area (Å²) < 4.78 is 5.08. The van der Waals surface area contributed by atoms with Crippen LogP contribution in [0.2, 0.25) is 5.02 Å².